The molecule has 1 aliphatic rings. The lowest BCUT2D eigenvalue weighted by atomic mass is 10.2. The Bertz CT molecular complexity index is 609. The lowest BCUT2D eigenvalue weighted by Crippen LogP contribution is -2.18. The van der Waals surface area contributed by atoms with Crippen LogP contribution < -0.4 is 4.74 Å². The Hall–Kier alpha value is -1.59. The van der Waals surface area contributed by atoms with E-state index in [0.717, 1.165) is 36.4 Å². The number of aromatic nitrogens is 3. The van der Waals surface area contributed by atoms with Gasteiger partial charge in [-0.1, -0.05) is 6.07 Å². The predicted molar refractivity (Wildman–Crippen MR) is 80.4 cm³/mol. The fourth-order valence-corrected chi connectivity index (χ4v) is 2.66. The van der Waals surface area contributed by atoms with Gasteiger partial charge in [0.25, 0.3) is 0 Å². The Morgan fingerprint density at radius 3 is 2.95 bits per heavy atom. The van der Waals surface area contributed by atoms with Gasteiger partial charge in [0.2, 0.25) is 5.88 Å². The van der Waals surface area contributed by atoms with E-state index >= 15 is 0 Å². The van der Waals surface area contributed by atoms with E-state index in [0.29, 0.717) is 11.8 Å². The summed E-state index contributed by atoms with van der Waals surface area (Å²) in [5.41, 5.74) is 2.46. The summed E-state index contributed by atoms with van der Waals surface area (Å²) >= 11 is 5.86. The van der Waals surface area contributed by atoms with Gasteiger partial charge in [0.1, 0.15) is 11.9 Å². The molecule has 3 heterocycles. The highest BCUT2D eigenvalue weighted by molar-refractivity contribution is 6.17. The second-order valence-electron chi connectivity index (χ2n) is 5.00. The van der Waals surface area contributed by atoms with E-state index in [1.165, 1.54) is 6.42 Å². The van der Waals surface area contributed by atoms with Crippen molar-refractivity contribution in [1.82, 2.24) is 14.8 Å². The number of hydrogen-bond acceptors (Lipinski definition) is 4. The minimum absolute atomic E-state index is 0.0384. The fourth-order valence-electron chi connectivity index (χ4n) is 2.46. The normalized spacial score (nSPS) is 18.7. The number of hydrogen-bond donors (Lipinski definition) is 0. The molecule has 0 spiro atoms. The lowest BCUT2D eigenvalue weighted by Gasteiger charge is -2.22. The smallest absolute Gasteiger partial charge is 0.218 e. The molecule has 112 valence electrons. The van der Waals surface area contributed by atoms with Crippen LogP contribution in [0.4, 0.5) is 0 Å². The fraction of sp³-hybridized carbons (Fsp3) is 0.467. The van der Waals surface area contributed by atoms with Gasteiger partial charge in [-0.2, -0.15) is 5.10 Å². The first-order chi connectivity index (χ1) is 10.3. The maximum absolute atomic E-state index is 5.86. The zero-order valence-electron chi connectivity index (χ0n) is 12.0. The van der Waals surface area contributed by atoms with E-state index < -0.39 is 0 Å². The molecule has 6 heteroatoms. The van der Waals surface area contributed by atoms with Crippen molar-refractivity contribution in [2.45, 2.75) is 31.4 Å². The van der Waals surface area contributed by atoms with Gasteiger partial charge in [0, 0.05) is 18.4 Å². The van der Waals surface area contributed by atoms with Crippen LogP contribution >= 0.6 is 11.6 Å². The van der Waals surface area contributed by atoms with E-state index in [4.69, 9.17) is 21.1 Å². The van der Waals surface area contributed by atoms with E-state index in [9.17, 15) is 0 Å². The molecule has 21 heavy (non-hydrogen) atoms. The Kier molecular flexibility index (Phi) is 4.41. The summed E-state index contributed by atoms with van der Waals surface area (Å²) < 4.78 is 12.9. The summed E-state index contributed by atoms with van der Waals surface area (Å²) in [6.07, 6.45) is 5.29. The van der Waals surface area contributed by atoms with Crippen LogP contribution in [0.2, 0.25) is 0 Å². The summed E-state index contributed by atoms with van der Waals surface area (Å²) in [7, 11) is 1.59. The third kappa shape index (κ3) is 3.04. The summed E-state index contributed by atoms with van der Waals surface area (Å²) in [5, 5.41) is 4.58. The average molecular weight is 308 g/mol. The van der Waals surface area contributed by atoms with Gasteiger partial charge >= 0.3 is 0 Å². The van der Waals surface area contributed by atoms with Crippen molar-refractivity contribution in [2.24, 2.45) is 0 Å². The minimum atomic E-state index is 0.0384. The first kappa shape index (κ1) is 14.4. The van der Waals surface area contributed by atoms with E-state index in [1.807, 2.05) is 29.1 Å². The molecule has 1 unspecified atom stereocenters. The number of pyridine rings is 1. The standard InChI is InChI=1S/C15H18ClN3O2/c1-20-15-11(10-16)5-6-12(17-15)13-7-8-19(18-13)14-4-2-3-9-21-14/h5-8,14H,2-4,9-10H2,1H3. The van der Waals surface area contributed by atoms with Crippen LogP contribution in [0.3, 0.4) is 0 Å². The van der Waals surface area contributed by atoms with Crippen molar-refractivity contribution in [3.05, 3.63) is 30.0 Å². The zero-order chi connectivity index (χ0) is 14.7. The molecule has 2 aromatic heterocycles. The third-order valence-electron chi connectivity index (χ3n) is 3.60. The Labute approximate surface area is 128 Å². The molecule has 0 N–H and O–H groups in total. The molecule has 0 bridgehead atoms. The van der Waals surface area contributed by atoms with Crippen LogP contribution in [0.25, 0.3) is 11.4 Å². The maximum Gasteiger partial charge on any atom is 0.218 e. The molecule has 1 saturated heterocycles. The van der Waals surface area contributed by atoms with Crippen molar-refractivity contribution in [3.8, 4) is 17.3 Å². The number of methoxy groups -OCH3 is 1. The molecule has 0 aromatic carbocycles. The highest BCUT2D eigenvalue weighted by Gasteiger charge is 2.17. The number of nitrogens with zero attached hydrogens (tertiary/aromatic N) is 3. The molecule has 2 aromatic rings. The van der Waals surface area contributed by atoms with Crippen LogP contribution in [0.15, 0.2) is 24.4 Å². The molecule has 3 rings (SSSR count). The summed E-state index contributed by atoms with van der Waals surface area (Å²) in [5.74, 6) is 0.923. The first-order valence-corrected chi connectivity index (χ1v) is 7.62. The topological polar surface area (TPSA) is 49.2 Å². The number of alkyl halides is 1. The quantitative estimate of drug-likeness (QED) is 0.812. The molecule has 0 radical (unpaired) electrons. The van der Waals surface area contributed by atoms with Gasteiger partial charge in [-0.05, 0) is 31.4 Å². The SMILES string of the molecule is COc1nc(-c2ccn(C3CCCCO3)n2)ccc1CCl. The van der Waals surface area contributed by atoms with E-state index in [2.05, 4.69) is 10.1 Å². The summed E-state index contributed by atoms with van der Waals surface area (Å²) in [6.45, 7) is 0.802. The summed E-state index contributed by atoms with van der Waals surface area (Å²) in [6, 6.07) is 5.78. The van der Waals surface area contributed by atoms with Gasteiger partial charge in [-0.25, -0.2) is 9.67 Å². The van der Waals surface area contributed by atoms with Gasteiger partial charge in [-0.3, -0.25) is 0 Å². The highest BCUT2D eigenvalue weighted by atomic mass is 35.5. The molecular weight excluding hydrogens is 290 g/mol. The van der Waals surface area contributed by atoms with E-state index in [1.54, 1.807) is 7.11 Å². The first-order valence-electron chi connectivity index (χ1n) is 7.09. The second-order valence-corrected chi connectivity index (χ2v) is 5.27. The Balaban J connectivity index is 1.85. The molecule has 1 fully saturated rings. The molecule has 0 saturated carbocycles. The third-order valence-corrected chi connectivity index (χ3v) is 3.89. The largest absolute Gasteiger partial charge is 0.481 e. The van der Waals surface area contributed by atoms with Gasteiger partial charge in [0.15, 0.2) is 0 Å². The molecule has 0 amide bonds. The zero-order valence-corrected chi connectivity index (χ0v) is 12.7. The average Bonchev–Trinajstić information content (AvgIpc) is 3.05. The molecule has 1 atom stereocenters. The van der Waals surface area contributed by atoms with Crippen molar-refractivity contribution in [1.29, 1.82) is 0 Å². The molecular formula is C15H18ClN3O2. The maximum atomic E-state index is 5.86. The minimum Gasteiger partial charge on any atom is -0.481 e. The van der Waals surface area contributed by atoms with Crippen LogP contribution in [-0.4, -0.2) is 28.5 Å². The highest BCUT2D eigenvalue weighted by Crippen LogP contribution is 2.26. The second kappa shape index (κ2) is 6.45. The number of ether oxygens (including phenoxy) is 2. The van der Waals surface area contributed by atoms with Gasteiger partial charge < -0.3 is 9.47 Å². The van der Waals surface area contributed by atoms with Crippen LogP contribution in [-0.2, 0) is 10.6 Å². The van der Waals surface area contributed by atoms with Crippen molar-refractivity contribution in [3.63, 3.8) is 0 Å². The Morgan fingerprint density at radius 1 is 1.33 bits per heavy atom. The van der Waals surface area contributed by atoms with E-state index in [-0.39, 0.29) is 6.23 Å². The predicted octanol–water partition coefficient (Wildman–Crippen LogP) is 3.39. The van der Waals surface area contributed by atoms with Crippen LogP contribution in [0.5, 0.6) is 5.88 Å². The van der Waals surface area contributed by atoms with Crippen LogP contribution in [0.1, 0.15) is 31.1 Å². The number of rotatable bonds is 4. The van der Waals surface area contributed by atoms with Crippen molar-refractivity contribution < 1.29 is 9.47 Å². The van der Waals surface area contributed by atoms with Gasteiger partial charge in [-0.15, -0.1) is 11.6 Å². The molecule has 5 nitrogen and oxygen atoms in total. The monoisotopic (exact) mass is 307 g/mol. The molecule has 1 aliphatic heterocycles. The van der Waals surface area contributed by atoms with Crippen molar-refractivity contribution >= 4 is 11.6 Å². The number of halogens is 1. The molecule has 0 aliphatic carbocycles. The van der Waals surface area contributed by atoms with Crippen LogP contribution in [0, 0.1) is 0 Å². The van der Waals surface area contributed by atoms with Crippen molar-refractivity contribution in [2.75, 3.05) is 13.7 Å². The Morgan fingerprint density at radius 2 is 2.24 bits per heavy atom. The lowest BCUT2D eigenvalue weighted by molar-refractivity contribution is -0.0393. The summed E-state index contributed by atoms with van der Waals surface area (Å²) in [4.78, 5) is 4.47. The van der Waals surface area contributed by atoms with Gasteiger partial charge in [0.05, 0.1) is 18.7 Å².